The maximum absolute atomic E-state index is 13.1. The number of hydrogen-bond acceptors (Lipinski definition) is 7. The van der Waals surface area contributed by atoms with Gasteiger partial charge in [-0.05, 0) is 60.7 Å². The monoisotopic (exact) mass is 553 g/mol. The molecule has 0 aliphatic rings. The third-order valence-corrected chi connectivity index (χ3v) is 7.13. The lowest BCUT2D eigenvalue weighted by Gasteiger charge is -2.12. The summed E-state index contributed by atoms with van der Waals surface area (Å²) in [6.45, 7) is 4.20. The van der Waals surface area contributed by atoms with Gasteiger partial charge in [-0.2, -0.15) is 8.42 Å². The van der Waals surface area contributed by atoms with Crippen LogP contribution in [0.2, 0.25) is 5.02 Å². The quantitative estimate of drug-likeness (QED) is 0.157. The van der Waals surface area contributed by atoms with Crippen molar-refractivity contribution in [2.45, 2.75) is 25.2 Å². The number of benzene rings is 4. The van der Waals surface area contributed by atoms with Crippen molar-refractivity contribution in [1.82, 2.24) is 0 Å². The fourth-order valence-electron chi connectivity index (χ4n) is 3.87. The van der Waals surface area contributed by atoms with Gasteiger partial charge in [0.2, 0.25) is 0 Å². The first-order valence-electron chi connectivity index (χ1n) is 11.6. The highest BCUT2D eigenvalue weighted by atomic mass is 35.5. The first-order valence-corrected chi connectivity index (χ1v) is 13.4. The number of amides is 1. The number of ether oxygens (including phenoxy) is 1. The second-order valence-electron chi connectivity index (χ2n) is 8.17. The lowest BCUT2D eigenvalue weighted by Crippen LogP contribution is -2.12. The minimum absolute atomic E-state index is 0.00433. The van der Waals surface area contributed by atoms with E-state index >= 15 is 0 Å². The summed E-state index contributed by atoms with van der Waals surface area (Å²) in [5, 5.41) is 23.0. The Morgan fingerprint density at radius 3 is 2.34 bits per heavy atom. The third kappa shape index (κ3) is 5.62. The third-order valence-electron chi connectivity index (χ3n) is 5.74. The zero-order chi connectivity index (χ0) is 27.4. The molecule has 4 aromatic rings. The highest BCUT2D eigenvalue weighted by Gasteiger charge is 2.21. The SMILES string of the molecule is CCOc1ccc(NC(=O)c2cc3ccccc3c(N=Nc3c(CC)ccc(S(=O)(=O)O)c3Cl)c2O)cc1. The molecule has 0 saturated carbocycles. The van der Waals surface area contributed by atoms with Gasteiger partial charge in [0.15, 0.2) is 5.75 Å². The summed E-state index contributed by atoms with van der Waals surface area (Å²) in [6, 6.07) is 18.0. The summed E-state index contributed by atoms with van der Waals surface area (Å²) in [6.07, 6.45) is 0.442. The highest BCUT2D eigenvalue weighted by Crippen LogP contribution is 2.42. The van der Waals surface area contributed by atoms with Crippen molar-refractivity contribution in [3.8, 4) is 11.5 Å². The van der Waals surface area contributed by atoms with Crippen LogP contribution in [0.3, 0.4) is 0 Å². The molecule has 0 aliphatic heterocycles. The molecule has 11 heteroatoms. The molecule has 9 nitrogen and oxygen atoms in total. The number of rotatable bonds is 8. The Hall–Kier alpha value is -3.99. The Labute approximate surface area is 224 Å². The molecule has 0 radical (unpaired) electrons. The van der Waals surface area contributed by atoms with E-state index in [1.54, 1.807) is 48.5 Å². The zero-order valence-corrected chi connectivity index (χ0v) is 22.0. The number of phenolic OH excluding ortho intramolecular Hbond substituents is 1. The van der Waals surface area contributed by atoms with E-state index in [1.807, 2.05) is 13.8 Å². The number of anilines is 1. The molecule has 4 rings (SSSR count). The molecule has 38 heavy (non-hydrogen) atoms. The van der Waals surface area contributed by atoms with Crippen LogP contribution in [0.4, 0.5) is 17.1 Å². The Bertz CT molecular complexity index is 1650. The summed E-state index contributed by atoms with van der Waals surface area (Å²) in [5.41, 5.74) is 1.04. The molecule has 1 amide bonds. The van der Waals surface area contributed by atoms with Gasteiger partial charge in [0.1, 0.15) is 22.0 Å². The van der Waals surface area contributed by atoms with Gasteiger partial charge in [0, 0.05) is 11.1 Å². The number of halogens is 1. The van der Waals surface area contributed by atoms with Crippen molar-refractivity contribution in [2.24, 2.45) is 10.2 Å². The van der Waals surface area contributed by atoms with E-state index in [0.29, 0.717) is 40.8 Å². The lowest BCUT2D eigenvalue weighted by atomic mass is 10.0. The molecule has 0 unspecified atom stereocenters. The minimum Gasteiger partial charge on any atom is -0.505 e. The number of fused-ring (bicyclic) bond motifs is 1. The number of hydrogen-bond donors (Lipinski definition) is 3. The molecule has 0 saturated heterocycles. The number of aryl methyl sites for hydroxylation is 1. The average Bonchev–Trinajstić information content (AvgIpc) is 2.88. The minimum atomic E-state index is -4.60. The topological polar surface area (TPSA) is 138 Å². The Kier molecular flexibility index (Phi) is 7.96. The van der Waals surface area contributed by atoms with Crippen molar-refractivity contribution in [1.29, 1.82) is 0 Å². The van der Waals surface area contributed by atoms with Crippen molar-refractivity contribution in [3.63, 3.8) is 0 Å². The van der Waals surface area contributed by atoms with Crippen molar-refractivity contribution in [3.05, 3.63) is 82.9 Å². The Balaban J connectivity index is 1.79. The standard InChI is InChI=1S/C27H24ClN3O6S/c1-3-16-9-14-22(38(34,35)36)23(28)24(16)30-31-25-20-8-6-5-7-17(20)15-21(26(25)32)27(33)29-18-10-12-19(13-11-18)37-4-2/h5-15,32H,3-4H2,1-2H3,(H,29,33)(H,34,35,36). The fraction of sp³-hybridized carbons (Fsp3) is 0.148. The molecular formula is C27H24ClN3O6S. The van der Waals surface area contributed by atoms with Gasteiger partial charge in [-0.25, -0.2) is 0 Å². The molecule has 0 spiro atoms. The lowest BCUT2D eigenvalue weighted by molar-refractivity contribution is 0.102. The number of nitrogens with zero attached hydrogens (tertiary/aromatic N) is 2. The van der Waals surface area contributed by atoms with E-state index in [0.717, 1.165) is 0 Å². The van der Waals surface area contributed by atoms with Crippen molar-refractivity contribution >= 4 is 55.5 Å². The second-order valence-corrected chi connectivity index (χ2v) is 9.94. The Morgan fingerprint density at radius 1 is 1.00 bits per heavy atom. The molecule has 3 N–H and O–H groups in total. The molecule has 0 aromatic heterocycles. The first-order chi connectivity index (χ1) is 18.1. The largest absolute Gasteiger partial charge is 0.505 e. The molecular weight excluding hydrogens is 530 g/mol. The first kappa shape index (κ1) is 27.1. The van der Waals surface area contributed by atoms with Crippen LogP contribution < -0.4 is 10.1 Å². The van der Waals surface area contributed by atoms with Gasteiger partial charge >= 0.3 is 0 Å². The number of aromatic hydroxyl groups is 1. The maximum Gasteiger partial charge on any atom is 0.296 e. The predicted octanol–water partition coefficient (Wildman–Crippen LogP) is 7.07. The van der Waals surface area contributed by atoms with E-state index in [2.05, 4.69) is 15.5 Å². The van der Waals surface area contributed by atoms with Crippen LogP contribution >= 0.6 is 11.6 Å². The van der Waals surface area contributed by atoms with E-state index < -0.39 is 26.7 Å². The van der Waals surface area contributed by atoms with Gasteiger partial charge < -0.3 is 15.2 Å². The molecule has 0 fully saturated rings. The number of nitrogens with one attached hydrogen (secondary N) is 1. The molecule has 0 aliphatic carbocycles. The number of carbonyl (C=O) groups is 1. The summed E-state index contributed by atoms with van der Waals surface area (Å²) in [7, 11) is -4.60. The van der Waals surface area contributed by atoms with Crippen LogP contribution in [0.1, 0.15) is 29.8 Å². The molecule has 0 bridgehead atoms. The number of carbonyl (C=O) groups excluding carboxylic acids is 1. The van der Waals surface area contributed by atoms with Gasteiger partial charge in [-0.3, -0.25) is 9.35 Å². The number of azo groups is 1. The van der Waals surface area contributed by atoms with Crippen molar-refractivity contribution < 1.29 is 27.6 Å². The van der Waals surface area contributed by atoms with E-state index in [-0.39, 0.29) is 22.0 Å². The smallest absolute Gasteiger partial charge is 0.296 e. The molecule has 0 atom stereocenters. The fourth-order valence-corrected chi connectivity index (χ4v) is 4.95. The van der Waals surface area contributed by atoms with Gasteiger partial charge in [-0.15, -0.1) is 10.2 Å². The van der Waals surface area contributed by atoms with Crippen LogP contribution in [-0.4, -0.2) is 30.6 Å². The summed E-state index contributed by atoms with van der Waals surface area (Å²) in [4.78, 5) is 12.6. The highest BCUT2D eigenvalue weighted by molar-refractivity contribution is 7.86. The van der Waals surface area contributed by atoms with Crippen molar-refractivity contribution in [2.75, 3.05) is 11.9 Å². The van der Waals surface area contributed by atoms with Crippen LogP contribution in [0.25, 0.3) is 10.8 Å². The second kappa shape index (κ2) is 11.2. The molecule has 4 aromatic carbocycles. The normalized spacial score (nSPS) is 11.7. The summed E-state index contributed by atoms with van der Waals surface area (Å²) >= 11 is 6.28. The Morgan fingerprint density at radius 2 is 1.68 bits per heavy atom. The van der Waals surface area contributed by atoms with E-state index in [4.69, 9.17) is 16.3 Å². The van der Waals surface area contributed by atoms with E-state index in [9.17, 15) is 22.9 Å². The molecule has 196 valence electrons. The van der Waals surface area contributed by atoms with Crippen LogP contribution in [-0.2, 0) is 16.5 Å². The molecule has 0 heterocycles. The van der Waals surface area contributed by atoms with Gasteiger partial charge in [0.05, 0.1) is 17.2 Å². The van der Waals surface area contributed by atoms with Crippen LogP contribution in [0, 0.1) is 0 Å². The van der Waals surface area contributed by atoms with E-state index in [1.165, 1.54) is 18.2 Å². The van der Waals surface area contributed by atoms with Crippen LogP contribution in [0.15, 0.2) is 81.9 Å². The van der Waals surface area contributed by atoms with Gasteiger partial charge in [0.25, 0.3) is 16.0 Å². The summed E-state index contributed by atoms with van der Waals surface area (Å²) < 4.78 is 38.4. The van der Waals surface area contributed by atoms with Gasteiger partial charge in [-0.1, -0.05) is 48.9 Å². The summed E-state index contributed by atoms with van der Waals surface area (Å²) in [5.74, 6) is -0.338. The van der Waals surface area contributed by atoms with Crippen LogP contribution in [0.5, 0.6) is 11.5 Å². The number of phenols is 1. The zero-order valence-electron chi connectivity index (χ0n) is 20.5. The maximum atomic E-state index is 13.1. The average molecular weight is 554 g/mol. The predicted molar refractivity (Wildman–Crippen MR) is 146 cm³/mol.